The number of methoxy groups -OCH3 is 2. The third kappa shape index (κ3) is 4.19. The molecular weight excluding hydrogens is 248 g/mol. The molecule has 0 fully saturated rings. The standard InChI is InChI=1S/C18H28O2/c1-7-8-16(19-5)18(3,4)17(20-6)13-15-11-9-14(2)10-12-15/h7,9-12,16-17H,1,8,13H2,2-6H3/t16-,17?/m1/s1. The molecule has 2 nitrogen and oxygen atoms in total. The maximum Gasteiger partial charge on any atom is 0.0687 e. The molecule has 2 atom stereocenters. The number of ether oxygens (including phenoxy) is 2. The molecule has 0 amide bonds. The Hall–Kier alpha value is -1.12. The zero-order chi connectivity index (χ0) is 15.2. The average molecular weight is 276 g/mol. The number of hydrogen-bond donors (Lipinski definition) is 0. The van der Waals surface area contributed by atoms with Gasteiger partial charge in [0.2, 0.25) is 0 Å². The molecule has 2 heteroatoms. The van der Waals surface area contributed by atoms with Gasteiger partial charge in [-0.25, -0.2) is 0 Å². The Bertz CT molecular complexity index is 406. The zero-order valence-electron chi connectivity index (χ0n) is 13.5. The van der Waals surface area contributed by atoms with Gasteiger partial charge in [-0.05, 0) is 25.3 Å². The van der Waals surface area contributed by atoms with Gasteiger partial charge in [-0.15, -0.1) is 6.58 Å². The van der Waals surface area contributed by atoms with Crippen LogP contribution in [-0.4, -0.2) is 26.4 Å². The maximum atomic E-state index is 5.76. The van der Waals surface area contributed by atoms with E-state index < -0.39 is 0 Å². The van der Waals surface area contributed by atoms with E-state index in [4.69, 9.17) is 9.47 Å². The van der Waals surface area contributed by atoms with Crippen LogP contribution in [0.2, 0.25) is 0 Å². The first kappa shape index (κ1) is 16.9. The minimum Gasteiger partial charge on any atom is -0.380 e. The minimum absolute atomic E-state index is 0.0808. The minimum atomic E-state index is -0.0808. The molecule has 112 valence electrons. The van der Waals surface area contributed by atoms with E-state index >= 15 is 0 Å². The van der Waals surface area contributed by atoms with E-state index in [9.17, 15) is 0 Å². The predicted molar refractivity (Wildman–Crippen MR) is 85.1 cm³/mol. The summed E-state index contributed by atoms with van der Waals surface area (Å²) >= 11 is 0. The summed E-state index contributed by atoms with van der Waals surface area (Å²) in [4.78, 5) is 0. The highest BCUT2D eigenvalue weighted by Gasteiger charge is 2.37. The Labute approximate surface area is 123 Å². The number of aryl methyl sites for hydroxylation is 1. The fourth-order valence-corrected chi connectivity index (χ4v) is 2.65. The molecule has 1 rings (SSSR count). The quantitative estimate of drug-likeness (QED) is 0.663. The second-order valence-electron chi connectivity index (χ2n) is 5.98. The Morgan fingerprint density at radius 1 is 1.10 bits per heavy atom. The first-order valence-corrected chi connectivity index (χ1v) is 7.17. The van der Waals surface area contributed by atoms with Gasteiger partial charge in [-0.3, -0.25) is 0 Å². The van der Waals surface area contributed by atoms with Crippen LogP contribution in [0.25, 0.3) is 0 Å². The van der Waals surface area contributed by atoms with Crippen LogP contribution in [0.4, 0.5) is 0 Å². The first-order valence-electron chi connectivity index (χ1n) is 7.17. The van der Waals surface area contributed by atoms with Gasteiger partial charge < -0.3 is 9.47 Å². The molecule has 1 aromatic rings. The normalized spacial score (nSPS) is 14.8. The smallest absolute Gasteiger partial charge is 0.0687 e. The molecule has 0 bridgehead atoms. The van der Waals surface area contributed by atoms with Crippen LogP contribution in [0, 0.1) is 12.3 Å². The van der Waals surface area contributed by atoms with E-state index in [1.165, 1.54) is 11.1 Å². The van der Waals surface area contributed by atoms with Crippen molar-refractivity contribution in [1.82, 2.24) is 0 Å². The number of hydrogen-bond acceptors (Lipinski definition) is 2. The lowest BCUT2D eigenvalue weighted by atomic mass is 9.77. The molecule has 1 aromatic carbocycles. The summed E-state index contributed by atoms with van der Waals surface area (Å²) in [6.07, 6.45) is 3.84. The fourth-order valence-electron chi connectivity index (χ4n) is 2.65. The van der Waals surface area contributed by atoms with Crippen LogP contribution in [0.15, 0.2) is 36.9 Å². The largest absolute Gasteiger partial charge is 0.380 e. The van der Waals surface area contributed by atoms with Crippen LogP contribution < -0.4 is 0 Å². The van der Waals surface area contributed by atoms with Crippen molar-refractivity contribution in [3.05, 3.63) is 48.0 Å². The van der Waals surface area contributed by atoms with Crippen LogP contribution in [0.1, 0.15) is 31.4 Å². The third-order valence-electron chi connectivity index (χ3n) is 4.15. The van der Waals surface area contributed by atoms with Crippen molar-refractivity contribution >= 4 is 0 Å². The van der Waals surface area contributed by atoms with Crippen molar-refractivity contribution in [2.24, 2.45) is 5.41 Å². The average Bonchev–Trinajstić information content (AvgIpc) is 2.43. The molecule has 1 unspecified atom stereocenters. The van der Waals surface area contributed by atoms with Crippen molar-refractivity contribution in [2.45, 2.75) is 45.8 Å². The van der Waals surface area contributed by atoms with Gasteiger partial charge >= 0.3 is 0 Å². The maximum absolute atomic E-state index is 5.76. The Kier molecular flexibility index (Phi) is 6.44. The molecule has 0 saturated carbocycles. The van der Waals surface area contributed by atoms with Crippen molar-refractivity contribution in [2.75, 3.05) is 14.2 Å². The molecule has 0 spiro atoms. The zero-order valence-corrected chi connectivity index (χ0v) is 13.5. The van der Waals surface area contributed by atoms with E-state index in [2.05, 4.69) is 51.6 Å². The van der Waals surface area contributed by atoms with Crippen molar-refractivity contribution in [3.63, 3.8) is 0 Å². The summed E-state index contributed by atoms with van der Waals surface area (Å²) in [5, 5.41) is 0. The first-order chi connectivity index (χ1) is 9.45. The third-order valence-corrected chi connectivity index (χ3v) is 4.15. The summed E-state index contributed by atoms with van der Waals surface area (Å²) in [5.41, 5.74) is 2.50. The summed E-state index contributed by atoms with van der Waals surface area (Å²) < 4.78 is 11.4. The Balaban J connectivity index is 2.87. The molecule has 20 heavy (non-hydrogen) atoms. The fraction of sp³-hybridized carbons (Fsp3) is 0.556. The van der Waals surface area contributed by atoms with Gasteiger partial charge in [-0.1, -0.05) is 49.8 Å². The second-order valence-corrected chi connectivity index (χ2v) is 5.98. The topological polar surface area (TPSA) is 18.5 Å². The van der Waals surface area contributed by atoms with Crippen molar-refractivity contribution in [1.29, 1.82) is 0 Å². The highest BCUT2D eigenvalue weighted by atomic mass is 16.5. The SMILES string of the molecule is C=CC[C@@H](OC)C(C)(C)C(Cc1ccc(C)cc1)OC. The molecule has 0 heterocycles. The van der Waals surface area contributed by atoms with Gasteiger partial charge in [0.1, 0.15) is 0 Å². The van der Waals surface area contributed by atoms with E-state index in [1.807, 2.05) is 6.08 Å². The molecule has 0 aliphatic carbocycles. The molecule has 0 aromatic heterocycles. The molecular formula is C18H28O2. The molecule has 0 N–H and O–H groups in total. The Morgan fingerprint density at radius 3 is 2.10 bits per heavy atom. The monoisotopic (exact) mass is 276 g/mol. The van der Waals surface area contributed by atoms with Gasteiger partial charge in [0.25, 0.3) is 0 Å². The summed E-state index contributed by atoms with van der Waals surface area (Å²) in [7, 11) is 3.54. The van der Waals surface area contributed by atoms with Crippen molar-refractivity contribution < 1.29 is 9.47 Å². The number of benzene rings is 1. The highest BCUT2D eigenvalue weighted by molar-refractivity contribution is 5.22. The number of rotatable bonds is 8. The van der Waals surface area contributed by atoms with Gasteiger partial charge in [0, 0.05) is 19.6 Å². The van der Waals surface area contributed by atoms with E-state index in [0.29, 0.717) is 0 Å². The van der Waals surface area contributed by atoms with E-state index in [0.717, 1.165) is 12.8 Å². The second kappa shape index (κ2) is 7.61. The van der Waals surface area contributed by atoms with Crippen LogP contribution in [0.5, 0.6) is 0 Å². The van der Waals surface area contributed by atoms with Crippen LogP contribution >= 0.6 is 0 Å². The lowest BCUT2D eigenvalue weighted by Crippen LogP contribution is -2.43. The molecule has 0 aliphatic rings. The molecule has 0 aliphatic heterocycles. The van der Waals surface area contributed by atoms with Gasteiger partial charge in [0.15, 0.2) is 0 Å². The highest BCUT2D eigenvalue weighted by Crippen LogP contribution is 2.33. The van der Waals surface area contributed by atoms with Gasteiger partial charge in [-0.2, -0.15) is 0 Å². The Morgan fingerprint density at radius 2 is 1.65 bits per heavy atom. The van der Waals surface area contributed by atoms with E-state index in [1.54, 1.807) is 14.2 Å². The van der Waals surface area contributed by atoms with Crippen LogP contribution in [0.3, 0.4) is 0 Å². The lowest BCUT2D eigenvalue weighted by Gasteiger charge is -2.39. The van der Waals surface area contributed by atoms with Gasteiger partial charge in [0.05, 0.1) is 12.2 Å². The molecule has 0 radical (unpaired) electrons. The summed E-state index contributed by atoms with van der Waals surface area (Å²) in [6, 6.07) is 8.64. The lowest BCUT2D eigenvalue weighted by molar-refractivity contribution is -0.0817. The van der Waals surface area contributed by atoms with Crippen molar-refractivity contribution in [3.8, 4) is 0 Å². The van der Waals surface area contributed by atoms with E-state index in [-0.39, 0.29) is 17.6 Å². The summed E-state index contributed by atoms with van der Waals surface area (Å²) in [5.74, 6) is 0. The molecule has 0 saturated heterocycles. The summed E-state index contributed by atoms with van der Waals surface area (Å²) in [6.45, 7) is 10.3. The van der Waals surface area contributed by atoms with Crippen LogP contribution in [-0.2, 0) is 15.9 Å². The predicted octanol–water partition coefficient (Wildman–Crippen LogP) is 4.17.